The van der Waals surface area contributed by atoms with Gasteiger partial charge in [0.15, 0.2) is 0 Å². The maximum absolute atomic E-state index is 5.32. The Morgan fingerprint density at radius 3 is 2.90 bits per heavy atom. The van der Waals surface area contributed by atoms with Gasteiger partial charge in [-0.1, -0.05) is 18.2 Å². The third-order valence-electron chi connectivity index (χ3n) is 1.03. The van der Waals surface area contributed by atoms with Crippen LogP contribution in [0.25, 0.3) is 0 Å². The van der Waals surface area contributed by atoms with Crippen LogP contribution >= 0.6 is 0 Å². The summed E-state index contributed by atoms with van der Waals surface area (Å²) in [5.41, 5.74) is 6.52. The summed E-state index contributed by atoms with van der Waals surface area (Å²) in [6.07, 6.45) is 6.01. The number of nitrogens with two attached hydrogens (primary N) is 1. The van der Waals surface area contributed by atoms with Gasteiger partial charge in [0.1, 0.15) is 0 Å². The SMILES string of the molecule is C=CC=N/C=C(\C)CCN. The van der Waals surface area contributed by atoms with E-state index in [1.807, 2.05) is 6.92 Å². The molecule has 0 aliphatic heterocycles. The molecule has 0 amide bonds. The van der Waals surface area contributed by atoms with E-state index in [4.69, 9.17) is 5.73 Å². The van der Waals surface area contributed by atoms with Gasteiger partial charge in [-0.3, -0.25) is 4.99 Å². The molecule has 10 heavy (non-hydrogen) atoms. The lowest BCUT2D eigenvalue weighted by Crippen LogP contribution is -1.98. The van der Waals surface area contributed by atoms with Crippen LogP contribution in [0, 0.1) is 0 Å². The van der Waals surface area contributed by atoms with Crippen molar-refractivity contribution in [3.05, 3.63) is 24.4 Å². The highest BCUT2D eigenvalue weighted by atomic mass is 14.7. The first-order chi connectivity index (χ1) is 4.81. The number of rotatable bonds is 4. The van der Waals surface area contributed by atoms with Crippen molar-refractivity contribution in [3.8, 4) is 0 Å². The van der Waals surface area contributed by atoms with Crippen LogP contribution in [0.1, 0.15) is 13.3 Å². The third kappa shape index (κ3) is 5.25. The van der Waals surface area contributed by atoms with Gasteiger partial charge in [-0.25, -0.2) is 0 Å². The van der Waals surface area contributed by atoms with Crippen LogP contribution in [-0.2, 0) is 0 Å². The normalized spacial score (nSPS) is 12.4. The van der Waals surface area contributed by atoms with Crippen molar-refractivity contribution >= 4 is 6.21 Å². The highest BCUT2D eigenvalue weighted by Gasteiger charge is 1.82. The first-order valence-electron chi connectivity index (χ1n) is 3.31. The molecule has 0 aromatic heterocycles. The van der Waals surface area contributed by atoms with Gasteiger partial charge < -0.3 is 5.73 Å². The van der Waals surface area contributed by atoms with Crippen LogP contribution < -0.4 is 5.73 Å². The van der Waals surface area contributed by atoms with Gasteiger partial charge in [0, 0.05) is 12.4 Å². The second kappa shape index (κ2) is 6.23. The molecule has 0 aliphatic carbocycles. The van der Waals surface area contributed by atoms with Gasteiger partial charge in [-0.05, 0) is 19.9 Å². The van der Waals surface area contributed by atoms with Gasteiger partial charge in [0.2, 0.25) is 0 Å². The van der Waals surface area contributed by atoms with Crippen LogP contribution in [0.3, 0.4) is 0 Å². The lowest BCUT2D eigenvalue weighted by Gasteiger charge is -1.91. The van der Waals surface area contributed by atoms with Crippen molar-refractivity contribution in [2.75, 3.05) is 6.54 Å². The van der Waals surface area contributed by atoms with E-state index >= 15 is 0 Å². The number of nitrogens with zero attached hydrogens (tertiary/aromatic N) is 1. The van der Waals surface area contributed by atoms with Gasteiger partial charge in [-0.2, -0.15) is 0 Å². The standard InChI is InChI=1S/C8H14N2/c1-3-6-10-7-8(2)4-5-9/h3,6-7H,1,4-5,9H2,2H3/b8-7+,10-6?. The van der Waals surface area contributed by atoms with Crippen LogP contribution in [-0.4, -0.2) is 12.8 Å². The Balaban J connectivity index is 3.67. The van der Waals surface area contributed by atoms with E-state index in [-0.39, 0.29) is 0 Å². The van der Waals surface area contributed by atoms with Gasteiger partial charge >= 0.3 is 0 Å². The van der Waals surface area contributed by atoms with Crippen molar-refractivity contribution < 1.29 is 0 Å². The molecule has 0 radical (unpaired) electrons. The van der Waals surface area contributed by atoms with Crippen LogP contribution in [0.15, 0.2) is 29.4 Å². The molecule has 0 aromatic carbocycles. The maximum atomic E-state index is 5.32. The molecule has 0 unspecified atom stereocenters. The molecule has 0 bridgehead atoms. The summed E-state index contributed by atoms with van der Waals surface area (Å²) in [5, 5.41) is 0. The smallest absolute Gasteiger partial charge is 0.0261 e. The van der Waals surface area contributed by atoms with Crippen molar-refractivity contribution in [3.63, 3.8) is 0 Å². The van der Waals surface area contributed by atoms with Gasteiger partial charge in [-0.15, -0.1) is 0 Å². The van der Waals surface area contributed by atoms with Gasteiger partial charge in [0.05, 0.1) is 0 Å². The Morgan fingerprint density at radius 1 is 1.70 bits per heavy atom. The van der Waals surface area contributed by atoms with Crippen molar-refractivity contribution in [1.82, 2.24) is 0 Å². The monoisotopic (exact) mass is 138 g/mol. The molecule has 0 heterocycles. The summed E-state index contributed by atoms with van der Waals surface area (Å²) in [6.45, 7) is 6.19. The van der Waals surface area contributed by atoms with Crippen molar-refractivity contribution in [1.29, 1.82) is 0 Å². The van der Waals surface area contributed by atoms with E-state index < -0.39 is 0 Å². The first kappa shape index (κ1) is 9.11. The van der Waals surface area contributed by atoms with E-state index in [2.05, 4.69) is 11.6 Å². The largest absolute Gasteiger partial charge is 0.330 e. The second-order valence-electron chi connectivity index (χ2n) is 2.05. The predicted molar refractivity (Wildman–Crippen MR) is 46.1 cm³/mol. The summed E-state index contributed by atoms with van der Waals surface area (Å²) < 4.78 is 0. The lowest BCUT2D eigenvalue weighted by atomic mass is 10.2. The van der Waals surface area contributed by atoms with E-state index in [1.165, 1.54) is 5.57 Å². The second-order valence-corrected chi connectivity index (χ2v) is 2.05. The lowest BCUT2D eigenvalue weighted by molar-refractivity contribution is 0.946. The van der Waals surface area contributed by atoms with E-state index in [9.17, 15) is 0 Å². The molecule has 0 saturated heterocycles. The molecule has 0 aromatic rings. The number of hydrogen-bond donors (Lipinski definition) is 1. The topological polar surface area (TPSA) is 38.4 Å². The number of aliphatic imine (C=N–C) groups is 1. The summed E-state index contributed by atoms with van der Waals surface area (Å²) in [7, 11) is 0. The Bertz CT molecular complexity index is 145. The quantitative estimate of drug-likeness (QED) is 0.587. The highest BCUT2D eigenvalue weighted by molar-refractivity contribution is 5.70. The predicted octanol–water partition coefficient (Wildman–Crippen LogP) is 1.50. The van der Waals surface area contributed by atoms with Crippen LogP contribution in [0.2, 0.25) is 0 Å². The Morgan fingerprint density at radius 2 is 2.40 bits per heavy atom. The fraction of sp³-hybridized carbons (Fsp3) is 0.375. The van der Waals surface area contributed by atoms with E-state index in [0.717, 1.165) is 6.42 Å². The summed E-state index contributed by atoms with van der Waals surface area (Å²) in [5.74, 6) is 0. The molecule has 0 spiro atoms. The average Bonchev–Trinajstić information content (AvgIpc) is 1.89. The van der Waals surface area contributed by atoms with Crippen molar-refractivity contribution in [2.24, 2.45) is 10.7 Å². The summed E-state index contributed by atoms with van der Waals surface area (Å²) >= 11 is 0. The highest BCUT2D eigenvalue weighted by Crippen LogP contribution is 1.96. The minimum absolute atomic E-state index is 0.686. The zero-order valence-corrected chi connectivity index (χ0v) is 6.38. The molecule has 56 valence electrons. The van der Waals surface area contributed by atoms with Crippen LogP contribution in [0.4, 0.5) is 0 Å². The Hall–Kier alpha value is -0.890. The summed E-state index contributed by atoms with van der Waals surface area (Å²) in [6, 6.07) is 0. The molecular formula is C8H14N2. The molecule has 0 aliphatic rings. The zero-order valence-electron chi connectivity index (χ0n) is 6.38. The molecule has 2 heteroatoms. The molecule has 0 saturated carbocycles. The summed E-state index contributed by atoms with van der Waals surface area (Å²) in [4.78, 5) is 3.95. The zero-order chi connectivity index (χ0) is 7.82. The molecule has 0 fully saturated rings. The molecule has 0 rings (SSSR count). The number of allylic oxidation sites excluding steroid dienone is 1. The van der Waals surface area contributed by atoms with Crippen molar-refractivity contribution in [2.45, 2.75) is 13.3 Å². The van der Waals surface area contributed by atoms with Gasteiger partial charge in [0.25, 0.3) is 0 Å². The fourth-order valence-electron chi connectivity index (χ4n) is 0.523. The van der Waals surface area contributed by atoms with Crippen LogP contribution in [0.5, 0.6) is 0 Å². The molecule has 2 N–H and O–H groups in total. The minimum Gasteiger partial charge on any atom is -0.330 e. The Labute approximate surface area is 62.1 Å². The number of hydrogen-bond acceptors (Lipinski definition) is 2. The maximum Gasteiger partial charge on any atom is 0.0261 e. The molecule has 2 nitrogen and oxygen atoms in total. The minimum atomic E-state index is 0.686. The first-order valence-corrected chi connectivity index (χ1v) is 3.31. The average molecular weight is 138 g/mol. The molecule has 0 atom stereocenters. The van der Waals surface area contributed by atoms with E-state index in [1.54, 1.807) is 18.5 Å². The fourth-order valence-corrected chi connectivity index (χ4v) is 0.523. The third-order valence-corrected chi connectivity index (χ3v) is 1.03. The Kier molecular flexibility index (Phi) is 5.68. The van der Waals surface area contributed by atoms with E-state index in [0.29, 0.717) is 6.54 Å². The molecular weight excluding hydrogens is 124 g/mol.